The number of carbonyl (C=O) groups is 1. The molecule has 0 unspecified atom stereocenters. The van der Waals surface area contributed by atoms with E-state index in [1.165, 1.54) is 6.07 Å². The maximum absolute atomic E-state index is 13.5. The number of hydrogen-bond acceptors (Lipinski definition) is 2. The van der Waals surface area contributed by atoms with Crippen LogP contribution >= 0.6 is 35.0 Å². The summed E-state index contributed by atoms with van der Waals surface area (Å²) in [6.07, 6.45) is 0.702. The highest BCUT2D eigenvalue weighted by atomic mass is 35.5. The first-order valence-electron chi connectivity index (χ1n) is 7.58. The molecule has 0 aliphatic carbocycles. The van der Waals surface area contributed by atoms with Crippen molar-refractivity contribution in [2.75, 3.05) is 12.3 Å². The summed E-state index contributed by atoms with van der Waals surface area (Å²) in [5.74, 6) is 1.28. The molecule has 24 heavy (non-hydrogen) atoms. The average molecular weight is 386 g/mol. The van der Waals surface area contributed by atoms with Gasteiger partial charge in [-0.1, -0.05) is 47.5 Å². The molecule has 0 aliphatic rings. The summed E-state index contributed by atoms with van der Waals surface area (Å²) in [4.78, 5) is 11.8. The Bertz CT molecular complexity index is 696. The first kappa shape index (κ1) is 19.1. The van der Waals surface area contributed by atoms with E-state index < -0.39 is 0 Å². The van der Waals surface area contributed by atoms with Gasteiger partial charge in [0.25, 0.3) is 0 Å². The van der Waals surface area contributed by atoms with Crippen molar-refractivity contribution in [1.29, 1.82) is 0 Å². The second-order valence-electron chi connectivity index (χ2n) is 5.24. The Morgan fingerprint density at radius 3 is 2.67 bits per heavy atom. The predicted molar refractivity (Wildman–Crippen MR) is 100 cm³/mol. The Hall–Kier alpha value is -1.23. The molecule has 2 nitrogen and oxygen atoms in total. The SMILES string of the molecule is O=C(CCc1ccccc1F)NCCSCc1ccc(Cl)c(Cl)c1. The van der Waals surface area contributed by atoms with E-state index in [-0.39, 0.29) is 11.7 Å². The fourth-order valence-electron chi connectivity index (χ4n) is 2.12. The molecule has 0 saturated heterocycles. The van der Waals surface area contributed by atoms with Gasteiger partial charge in [-0.25, -0.2) is 4.39 Å². The van der Waals surface area contributed by atoms with Crippen molar-refractivity contribution >= 4 is 40.9 Å². The molecule has 2 rings (SSSR count). The predicted octanol–water partition coefficient (Wildman–Crippen LogP) is 5.11. The Balaban J connectivity index is 1.61. The van der Waals surface area contributed by atoms with Gasteiger partial charge in [-0.2, -0.15) is 11.8 Å². The van der Waals surface area contributed by atoms with Crippen LogP contribution in [0.4, 0.5) is 4.39 Å². The first-order chi connectivity index (χ1) is 11.6. The van der Waals surface area contributed by atoms with Crippen LogP contribution in [-0.4, -0.2) is 18.2 Å². The van der Waals surface area contributed by atoms with Crippen LogP contribution in [0.15, 0.2) is 42.5 Å². The van der Waals surface area contributed by atoms with E-state index in [4.69, 9.17) is 23.2 Å². The maximum Gasteiger partial charge on any atom is 0.220 e. The van der Waals surface area contributed by atoms with E-state index in [1.807, 2.05) is 12.1 Å². The van der Waals surface area contributed by atoms with Crippen molar-refractivity contribution < 1.29 is 9.18 Å². The third kappa shape index (κ3) is 6.34. The number of aryl methyl sites for hydroxylation is 1. The summed E-state index contributed by atoms with van der Waals surface area (Å²) in [6, 6.07) is 12.1. The van der Waals surface area contributed by atoms with E-state index in [0.717, 1.165) is 17.1 Å². The van der Waals surface area contributed by atoms with Gasteiger partial charge in [-0.15, -0.1) is 0 Å². The summed E-state index contributed by atoms with van der Waals surface area (Å²) < 4.78 is 13.5. The van der Waals surface area contributed by atoms with E-state index in [1.54, 1.807) is 36.0 Å². The Morgan fingerprint density at radius 1 is 1.12 bits per heavy atom. The summed E-state index contributed by atoms with van der Waals surface area (Å²) in [6.45, 7) is 0.585. The molecular weight excluding hydrogens is 368 g/mol. The summed E-state index contributed by atoms with van der Waals surface area (Å²) >= 11 is 13.5. The Kier molecular flexibility index (Phi) is 7.89. The van der Waals surface area contributed by atoms with Gasteiger partial charge in [0, 0.05) is 24.5 Å². The first-order valence-corrected chi connectivity index (χ1v) is 9.49. The fraction of sp³-hybridized carbons (Fsp3) is 0.278. The lowest BCUT2D eigenvalue weighted by molar-refractivity contribution is -0.120. The van der Waals surface area contributed by atoms with Crippen molar-refractivity contribution in [3.8, 4) is 0 Å². The molecule has 0 saturated carbocycles. The van der Waals surface area contributed by atoms with Crippen molar-refractivity contribution in [2.45, 2.75) is 18.6 Å². The van der Waals surface area contributed by atoms with Crippen molar-refractivity contribution in [3.05, 3.63) is 69.5 Å². The molecule has 0 aromatic heterocycles. The lowest BCUT2D eigenvalue weighted by Crippen LogP contribution is -2.26. The highest BCUT2D eigenvalue weighted by Gasteiger charge is 2.05. The van der Waals surface area contributed by atoms with Gasteiger partial charge >= 0.3 is 0 Å². The molecule has 0 aliphatic heterocycles. The van der Waals surface area contributed by atoms with Crippen molar-refractivity contribution in [3.63, 3.8) is 0 Å². The Labute approximate surface area is 155 Å². The zero-order chi connectivity index (χ0) is 17.4. The third-order valence-electron chi connectivity index (χ3n) is 3.40. The van der Waals surface area contributed by atoms with Gasteiger partial charge in [-0.05, 0) is 35.7 Å². The monoisotopic (exact) mass is 385 g/mol. The molecule has 0 atom stereocenters. The van der Waals surface area contributed by atoms with Crippen LogP contribution in [0.3, 0.4) is 0 Å². The van der Waals surface area contributed by atoms with E-state index in [9.17, 15) is 9.18 Å². The van der Waals surface area contributed by atoms with Gasteiger partial charge in [0.1, 0.15) is 5.82 Å². The molecular formula is C18H18Cl2FNOS. The molecule has 0 heterocycles. The normalized spacial score (nSPS) is 10.6. The largest absolute Gasteiger partial charge is 0.355 e. The van der Waals surface area contributed by atoms with E-state index >= 15 is 0 Å². The number of halogens is 3. The smallest absolute Gasteiger partial charge is 0.220 e. The topological polar surface area (TPSA) is 29.1 Å². The molecule has 0 fully saturated rings. The summed E-state index contributed by atoms with van der Waals surface area (Å²) in [5.41, 5.74) is 1.67. The minimum atomic E-state index is -0.262. The van der Waals surface area contributed by atoms with Crippen LogP contribution in [0.25, 0.3) is 0 Å². The second-order valence-corrected chi connectivity index (χ2v) is 7.16. The number of hydrogen-bond donors (Lipinski definition) is 1. The lowest BCUT2D eigenvalue weighted by atomic mass is 10.1. The van der Waals surface area contributed by atoms with Crippen LogP contribution < -0.4 is 5.32 Å². The van der Waals surface area contributed by atoms with Crippen molar-refractivity contribution in [2.24, 2.45) is 0 Å². The fourth-order valence-corrected chi connectivity index (χ4v) is 3.25. The molecule has 0 spiro atoms. The van der Waals surface area contributed by atoms with Crippen LogP contribution in [0.1, 0.15) is 17.5 Å². The molecule has 2 aromatic carbocycles. The standard InChI is InChI=1S/C18H18Cl2FNOS/c19-15-7-5-13(11-16(15)20)12-24-10-9-22-18(23)8-6-14-3-1-2-4-17(14)21/h1-5,7,11H,6,8-10,12H2,(H,22,23). The Morgan fingerprint density at radius 2 is 1.92 bits per heavy atom. The highest BCUT2D eigenvalue weighted by molar-refractivity contribution is 7.98. The minimum absolute atomic E-state index is 0.0617. The molecule has 128 valence electrons. The van der Waals surface area contributed by atoms with E-state index in [0.29, 0.717) is 35.0 Å². The zero-order valence-electron chi connectivity index (χ0n) is 13.0. The molecule has 1 N–H and O–H groups in total. The van der Waals surface area contributed by atoms with Gasteiger partial charge in [0.15, 0.2) is 0 Å². The van der Waals surface area contributed by atoms with Gasteiger partial charge in [-0.3, -0.25) is 4.79 Å². The molecule has 0 radical (unpaired) electrons. The maximum atomic E-state index is 13.5. The number of carbonyl (C=O) groups excluding carboxylic acids is 1. The summed E-state index contributed by atoms with van der Waals surface area (Å²) in [7, 11) is 0. The number of amides is 1. The number of benzene rings is 2. The molecule has 2 aromatic rings. The van der Waals surface area contributed by atoms with Crippen molar-refractivity contribution in [1.82, 2.24) is 5.32 Å². The molecule has 0 bridgehead atoms. The van der Waals surface area contributed by atoms with Crippen LogP contribution in [0.2, 0.25) is 10.0 Å². The number of nitrogens with one attached hydrogen (secondary N) is 1. The minimum Gasteiger partial charge on any atom is -0.355 e. The highest BCUT2D eigenvalue weighted by Crippen LogP contribution is 2.24. The zero-order valence-corrected chi connectivity index (χ0v) is 15.4. The molecule has 6 heteroatoms. The average Bonchev–Trinajstić information content (AvgIpc) is 2.57. The lowest BCUT2D eigenvalue weighted by Gasteiger charge is -2.07. The number of thioether (sulfide) groups is 1. The quantitative estimate of drug-likeness (QED) is 0.639. The third-order valence-corrected chi connectivity index (χ3v) is 5.17. The van der Waals surface area contributed by atoms with E-state index in [2.05, 4.69) is 5.32 Å². The number of rotatable bonds is 8. The van der Waals surface area contributed by atoms with Crippen LogP contribution in [0.5, 0.6) is 0 Å². The van der Waals surface area contributed by atoms with Gasteiger partial charge in [0.05, 0.1) is 10.0 Å². The second kappa shape index (κ2) is 9.92. The van der Waals surface area contributed by atoms with Gasteiger partial charge in [0.2, 0.25) is 5.91 Å². The molecule has 1 amide bonds. The van der Waals surface area contributed by atoms with Crippen LogP contribution in [-0.2, 0) is 17.0 Å². The summed E-state index contributed by atoms with van der Waals surface area (Å²) in [5, 5.41) is 3.95. The van der Waals surface area contributed by atoms with Crippen LogP contribution in [0, 0.1) is 5.82 Å². The van der Waals surface area contributed by atoms with Gasteiger partial charge < -0.3 is 5.32 Å².